The number of benzene rings is 1. The first-order valence-electron chi connectivity index (χ1n) is 6.66. The van der Waals surface area contributed by atoms with Crippen LogP contribution in [0.3, 0.4) is 0 Å². The Kier molecular flexibility index (Phi) is 3.99. The lowest BCUT2D eigenvalue weighted by Crippen LogP contribution is -2.29. The van der Waals surface area contributed by atoms with Gasteiger partial charge >= 0.3 is 15.6 Å². The molecule has 0 spiro atoms. The van der Waals surface area contributed by atoms with Gasteiger partial charge in [-0.2, -0.15) is 21.6 Å². The Morgan fingerprint density at radius 1 is 1.24 bits per heavy atom. The minimum Gasteiger partial charge on any atom is -0.375 e. The van der Waals surface area contributed by atoms with Crippen LogP contribution in [0, 0.1) is 12.8 Å². The van der Waals surface area contributed by atoms with E-state index in [1.54, 1.807) is 13.0 Å². The van der Waals surface area contributed by atoms with Crippen LogP contribution in [0.4, 0.5) is 13.2 Å². The SMILES string of the molecule is Cc1ccc2c(c1OS(=O)(=O)C(F)(F)F)[C@H](C)C[C@H](C)C2. The first-order valence-corrected chi connectivity index (χ1v) is 8.07. The quantitative estimate of drug-likeness (QED) is 0.612. The molecule has 0 heterocycles. The molecule has 0 amide bonds. The zero-order valence-electron chi connectivity index (χ0n) is 12.0. The van der Waals surface area contributed by atoms with E-state index in [2.05, 4.69) is 11.1 Å². The number of alkyl halides is 3. The molecule has 0 fully saturated rings. The van der Waals surface area contributed by atoms with Crippen molar-refractivity contribution in [3.05, 3.63) is 28.8 Å². The van der Waals surface area contributed by atoms with Crippen LogP contribution in [-0.4, -0.2) is 13.9 Å². The molecule has 7 heteroatoms. The maximum Gasteiger partial charge on any atom is 0.534 e. The molecule has 21 heavy (non-hydrogen) atoms. The number of aryl methyl sites for hydroxylation is 1. The van der Waals surface area contributed by atoms with Crippen LogP contribution in [0.25, 0.3) is 0 Å². The number of hydrogen-bond donors (Lipinski definition) is 0. The Morgan fingerprint density at radius 2 is 1.86 bits per heavy atom. The van der Waals surface area contributed by atoms with Crippen LogP contribution < -0.4 is 4.18 Å². The molecule has 3 nitrogen and oxygen atoms in total. The zero-order valence-corrected chi connectivity index (χ0v) is 12.8. The van der Waals surface area contributed by atoms with Crippen LogP contribution in [0.5, 0.6) is 5.75 Å². The molecule has 1 aromatic carbocycles. The topological polar surface area (TPSA) is 43.4 Å². The van der Waals surface area contributed by atoms with Gasteiger partial charge in [0.15, 0.2) is 0 Å². The molecule has 0 saturated heterocycles. The molecule has 1 aliphatic rings. The Hall–Kier alpha value is -1.24. The summed E-state index contributed by atoms with van der Waals surface area (Å²) in [6.07, 6.45) is 1.50. The van der Waals surface area contributed by atoms with Crippen LogP contribution in [-0.2, 0) is 16.5 Å². The average molecular weight is 322 g/mol. The lowest BCUT2D eigenvalue weighted by molar-refractivity contribution is -0.0500. The molecule has 0 N–H and O–H groups in total. The zero-order chi connectivity index (χ0) is 16.0. The molecule has 2 rings (SSSR count). The van der Waals surface area contributed by atoms with Crippen LogP contribution >= 0.6 is 0 Å². The van der Waals surface area contributed by atoms with Crippen molar-refractivity contribution in [1.82, 2.24) is 0 Å². The van der Waals surface area contributed by atoms with Crippen LogP contribution in [0.1, 0.15) is 42.9 Å². The van der Waals surface area contributed by atoms with Gasteiger partial charge in [-0.15, -0.1) is 0 Å². The fourth-order valence-electron chi connectivity index (χ4n) is 2.92. The summed E-state index contributed by atoms with van der Waals surface area (Å²) in [5, 5.41) is 0. The lowest BCUT2D eigenvalue weighted by Gasteiger charge is -2.29. The van der Waals surface area contributed by atoms with Gasteiger partial charge in [-0.1, -0.05) is 26.0 Å². The van der Waals surface area contributed by atoms with Crippen molar-refractivity contribution in [2.45, 2.75) is 45.0 Å². The highest BCUT2D eigenvalue weighted by Gasteiger charge is 2.49. The van der Waals surface area contributed by atoms with E-state index < -0.39 is 15.6 Å². The highest BCUT2D eigenvalue weighted by Crippen LogP contribution is 2.43. The highest BCUT2D eigenvalue weighted by molar-refractivity contribution is 7.88. The van der Waals surface area contributed by atoms with Gasteiger partial charge in [-0.05, 0) is 42.7 Å². The Balaban J connectivity index is 2.53. The number of fused-ring (bicyclic) bond motifs is 1. The normalized spacial score (nSPS) is 22.8. The summed E-state index contributed by atoms with van der Waals surface area (Å²) in [6.45, 7) is 5.49. The summed E-state index contributed by atoms with van der Waals surface area (Å²) >= 11 is 0. The summed E-state index contributed by atoms with van der Waals surface area (Å²) in [5.74, 6) is 0.202. The van der Waals surface area contributed by atoms with E-state index in [-0.39, 0.29) is 11.7 Å². The molecule has 1 aromatic rings. The van der Waals surface area contributed by atoms with E-state index in [1.807, 2.05) is 13.0 Å². The van der Waals surface area contributed by atoms with Gasteiger partial charge < -0.3 is 4.18 Å². The molecular formula is C14H17F3O3S. The maximum atomic E-state index is 12.5. The van der Waals surface area contributed by atoms with Crippen LogP contribution in [0.15, 0.2) is 12.1 Å². The van der Waals surface area contributed by atoms with Crippen molar-refractivity contribution < 1.29 is 25.8 Å². The fourth-order valence-corrected chi connectivity index (χ4v) is 3.45. The van der Waals surface area contributed by atoms with Crippen molar-refractivity contribution in [3.8, 4) is 5.75 Å². The molecule has 0 aromatic heterocycles. The Labute approximate surface area is 122 Å². The molecule has 1 aliphatic carbocycles. The summed E-state index contributed by atoms with van der Waals surface area (Å²) in [4.78, 5) is 0. The average Bonchev–Trinajstić information content (AvgIpc) is 2.30. The monoisotopic (exact) mass is 322 g/mol. The van der Waals surface area contributed by atoms with Gasteiger partial charge in [-0.25, -0.2) is 0 Å². The number of hydrogen-bond acceptors (Lipinski definition) is 3. The second kappa shape index (κ2) is 5.19. The first kappa shape index (κ1) is 16.1. The number of rotatable bonds is 2. The van der Waals surface area contributed by atoms with E-state index in [0.29, 0.717) is 23.5 Å². The molecule has 0 aliphatic heterocycles. The first-order chi connectivity index (χ1) is 9.53. The molecule has 2 atom stereocenters. The van der Waals surface area contributed by atoms with Crippen molar-refractivity contribution in [2.24, 2.45) is 5.92 Å². The third-order valence-corrected chi connectivity index (χ3v) is 4.73. The van der Waals surface area contributed by atoms with Gasteiger partial charge in [0.05, 0.1) is 0 Å². The molecule has 118 valence electrons. The van der Waals surface area contributed by atoms with Crippen molar-refractivity contribution >= 4 is 10.1 Å². The Morgan fingerprint density at radius 3 is 2.43 bits per heavy atom. The van der Waals surface area contributed by atoms with E-state index in [9.17, 15) is 21.6 Å². The largest absolute Gasteiger partial charge is 0.534 e. The second-order valence-corrected chi connectivity index (χ2v) is 7.25. The van der Waals surface area contributed by atoms with Crippen LogP contribution in [0.2, 0.25) is 0 Å². The van der Waals surface area contributed by atoms with Gasteiger partial charge in [0.1, 0.15) is 5.75 Å². The molecule has 0 saturated carbocycles. The van der Waals surface area contributed by atoms with Crippen molar-refractivity contribution in [2.75, 3.05) is 0 Å². The molecule has 0 bridgehead atoms. The minimum atomic E-state index is -5.64. The van der Waals surface area contributed by atoms with Crippen molar-refractivity contribution in [3.63, 3.8) is 0 Å². The molecule has 0 unspecified atom stereocenters. The summed E-state index contributed by atoms with van der Waals surface area (Å²) in [5.41, 5.74) is -3.59. The van der Waals surface area contributed by atoms with Crippen molar-refractivity contribution in [1.29, 1.82) is 0 Å². The van der Waals surface area contributed by atoms with E-state index in [4.69, 9.17) is 0 Å². The van der Waals surface area contributed by atoms with E-state index in [0.717, 1.165) is 12.0 Å². The van der Waals surface area contributed by atoms with Gasteiger partial charge in [0, 0.05) is 5.56 Å². The highest BCUT2D eigenvalue weighted by atomic mass is 32.2. The molecule has 0 radical (unpaired) electrons. The predicted octanol–water partition coefficient (Wildman–Crippen LogP) is 3.91. The second-order valence-electron chi connectivity index (χ2n) is 5.71. The molecular weight excluding hydrogens is 305 g/mol. The standard InChI is InChI=1S/C14H17F3O3S/c1-8-6-10(3)12-11(7-8)5-4-9(2)13(12)20-21(18,19)14(15,16)17/h4-5,8,10H,6-7H2,1-3H3/t8-,10+/m0/s1. The van der Waals surface area contributed by atoms with Gasteiger partial charge in [0.25, 0.3) is 0 Å². The number of halogens is 3. The minimum absolute atomic E-state index is 0.0397. The van der Waals surface area contributed by atoms with E-state index >= 15 is 0 Å². The fraction of sp³-hybridized carbons (Fsp3) is 0.571. The summed E-state index contributed by atoms with van der Waals surface area (Å²) in [7, 11) is -5.64. The summed E-state index contributed by atoms with van der Waals surface area (Å²) in [6, 6.07) is 3.44. The summed E-state index contributed by atoms with van der Waals surface area (Å²) < 4.78 is 64.6. The van der Waals surface area contributed by atoms with E-state index in [1.165, 1.54) is 0 Å². The third kappa shape index (κ3) is 3.02. The third-order valence-electron chi connectivity index (χ3n) is 3.78. The predicted molar refractivity (Wildman–Crippen MR) is 72.7 cm³/mol. The maximum absolute atomic E-state index is 12.5. The Bertz CT molecular complexity index is 650. The van der Waals surface area contributed by atoms with Gasteiger partial charge in [0.2, 0.25) is 0 Å². The smallest absolute Gasteiger partial charge is 0.375 e. The lowest BCUT2D eigenvalue weighted by atomic mass is 9.77. The van der Waals surface area contributed by atoms with Gasteiger partial charge in [-0.3, -0.25) is 0 Å².